The number of ketones is 1. The number of Topliss-reactive ketones (excluding diaryl/α,β-unsaturated/α-hetero) is 1. The van der Waals surface area contributed by atoms with E-state index in [-0.39, 0.29) is 23.3 Å². The second kappa shape index (κ2) is 8.46. The summed E-state index contributed by atoms with van der Waals surface area (Å²) in [5.41, 5.74) is 3.50. The summed E-state index contributed by atoms with van der Waals surface area (Å²) in [6, 6.07) is 25.8. The zero-order chi connectivity index (χ0) is 22.9. The lowest BCUT2D eigenvalue weighted by molar-refractivity contribution is -0.140. The van der Waals surface area contributed by atoms with Crippen molar-refractivity contribution in [1.82, 2.24) is 4.90 Å². The number of hydrogen-bond acceptors (Lipinski definition) is 3. The molecule has 4 rings (SSSR count). The van der Waals surface area contributed by atoms with Crippen molar-refractivity contribution >= 4 is 17.4 Å². The van der Waals surface area contributed by atoms with Crippen molar-refractivity contribution in [1.29, 1.82) is 0 Å². The van der Waals surface area contributed by atoms with Gasteiger partial charge in [-0.15, -0.1) is 0 Å². The molecule has 1 N–H and O–H groups in total. The average molecular weight is 426 g/mol. The molecule has 4 heteroatoms. The Kier molecular flexibility index (Phi) is 5.70. The van der Waals surface area contributed by atoms with Gasteiger partial charge in [-0.1, -0.05) is 106 Å². The smallest absolute Gasteiger partial charge is 0.295 e. The van der Waals surface area contributed by atoms with Gasteiger partial charge in [-0.3, -0.25) is 9.59 Å². The summed E-state index contributed by atoms with van der Waals surface area (Å²) in [5.74, 6) is -1.41. The van der Waals surface area contributed by atoms with Crippen molar-refractivity contribution in [3.8, 4) is 0 Å². The fourth-order valence-corrected chi connectivity index (χ4v) is 4.09. The van der Waals surface area contributed by atoms with Crippen molar-refractivity contribution in [2.75, 3.05) is 0 Å². The van der Waals surface area contributed by atoms with Gasteiger partial charge in [0.25, 0.3) is 11.7 Å². The van der Waals surface area contributed by atoms with Gasteiger partial charge < -0.3 is 10.0 Å². The van der Waals surface area contributed by atoms with Gasteiger partial charge in [0.15, 0.2) is 0 Å². The number of carbonyl (C=O) groups is 2. The van der Waals surface area contributed by atoms with Gasteiger partial charge in [-0.05, 0) is 22.1 Å². The van der Waals surface area contributed by atoms with Crippen LogP contribution in [0, 0.1) is 0 Å². The van der Waals surface area contributed by atoms with E-state index in [4.69, 9.17) is 0 Å². The summed E-state index contributed by atoms with van der Waals surface area (Å²) >= 11 is 0. The van der Waals surface area contributed by atoms with E-state index in [1.165, 1.54) is 0 Å². The first-order chi connectivity index (χ1) is 15.3. The Balaban J connectivity index is 1.85. The second-order valence-corrected chi connectivity index (χ2v) is 9.15. The van der Waals surface area contributed by atoms with Crippen LogP contribution in [0.1, 0.15) is 49.1 Å². The number of benzene rings is 3. The lowest BCUT2D eigenvalue weighted by atomic mass is 9.85. The van der Waals surface area contributed by atoms with Crippen LogP contribution >= 0.6 is 0 Å². The minimum absolute atomic E-state index is 0.0194. The molecule has 0 aliphatic carbocycles. The normalized spacial score (nSPS) is 18.2. The van der Waals surface area contributed by atoms with Crippen LogP contribution < -0.4 is 0 Å². The molecule has 3 aromatic rings. The molecule has 1 amide bonds. The highest BCUT2D eigenvalue weighted by Crippen LogP contribution is 2.40. The predicted octanol–water partition coefficient (Wildman–Crippen LogP) is 5.61. The third kappa shape index (κ3) is 4.09. The Morgan fingerprint density at radius 1 is 0.844 bits per heavy atom. The Hall–Kier alpha value is -3.66. The van der Waals surface area contributed by atoms with Gasteiger partial charge in [0.2, 0.25) is 0 Å². The first-order valence-corrected chi connectivity index (χ1v) is 10.8. The van der Waals surface area contributed by atoms with Gasteiger partial charge in [0.1, 0.15) is 5.76 Å². The van der Waals surface area contributed by atoms with Gasteiger partial charge in [-0.25, -0.2) is 0 Å². The van der Waals surface area contributed by atoms with E-state index in [2.05, 4.69) is 20.8 Å². The predicted molar refractivity (Wildman–Crippen MR) is 126 cm³/mol. The number of nitrogens with zero attached hydrogens (tertiary/aromatic N) is 1. The summed E-state index contributed by atoms with van der Waals surface area (Å²) in [6.07, 6.45) is 0. The summed E-state index contributed by atoms with van der Waals surface area (Å²) in [4.78, 5) is 27.8. The van der Waals surface area contributed by atoms with Gasteiger partial charge in [-0.2, -0.15) is 0 Å². The zero-order valence-corrected chi connectivity index (χ0v) is 18.6. The second-order valence-electron chi connectivity index (χ2n) is 9.15. The van der Waals surface area contributed by atoms with Crippen LogP contribution in [0.4, 0.5) is 0 Å². The highest BCUT2D eigenvalue weighted by molar-refractivity contribution is 6.46. The molecule has 1 aliphatic heterocycles. The topological polar surface area (TPSA) is 57.6 Å². The standard InChI is InChI=1S/C28H27NO3/c1-28(2,3)22-16-14-20(15-17-22)24-23(25(30)21-12-8-5-9-13-21)26(31)27(32)29(24)18-19-10-6-4-7-11-19/h4-17,24,30H,18H2,1-3H3. The van der Waals surface area contributed by atoms with Crippen LogP contribution in [0.25, 0.3) is 5.76 Å². The Morgan fingerprint density at radius 3 is 1.97 bits per heavy atom. The molecule has 0 aromatic heterocycles. The van der Waals surface area contributed by atoms with Crippen LogP contribution in [0.3, 0.4) is 0 Å². The van der Waals surface area contributed by atoms with Crippen molar-refractivity contribution in [2.24, 2.45) is 0 Å². The molecule has 0 saturated carbocycles. The minimum Gasteiger partial charge on any atom is -0.507 e. The third-order valence-electron chi connectivity index (χ3n) is 5.88. The van der Waals surface area contributed by atoms with Crippen LogP contribution in [0.5, 0.6) is 0 Å². The van der Waals surface area contributed by atoms with E-state index >= 15 is 0 Å². The quantitative estimate of drug-likeness (QED) is 0.336. The number of aliphatic hydroxyl groups is 1. The molecule has 0 spiro atoms. The van der Waals surface area contributed by atoms with Gasteiger partial charge in [0.05, 0.1) is 11.6 Å². The summed E-state index contributed by atoms with van der Waals surface area (Å²) < 4.78 is 0. The monoisotopic (exact) mass is 425 g/mol. The zero-order valence-electron chi connectivity index (χ0n) is 18.6. The molecule has 3 aromatic carbocycles. The summed E-state index contributed by atoms with van der Waals surface area (Å²) in [7, 11) is 0. The van der Waals surface area contributed by atoms with Gasteiger partial charge >= 0.3 is 0 Å². The molecule has 1 atom stereocenters. The largest absolute Gasteiger partial charge is 0.507 e. The number of likely N-dealkylation sites (tertiary alicyclic amines) is 1. The van der Waals surface area contributed by atoms with E-state index in [9.17, 15) is 14.7 Å². The number of amides is 1. The van der Waals surface area contributed by atoms with E-state index < -0.39 is 17.7 Å². The third-order valence-corrected chi connectivity index (χ3v) is 5.88. The Labute approximate surface area is 188 Å². The minimum atomic E-state index is -0.663. The maximum absolute atomic E-state index is 13.1. The van der Waals surface area contributed by atoms with Crippen molar-refractivity contribution in [3.05, 3.63) is 113 Å². The van der Waals surface area contributed by atoms with Crippen LogP contribution in [-0.2, 0) is 21.5 Å². The highest BCUT2D eigenvalue weighted by Gasteiger charge is 2.46. The van der Waals surface area contributed by atoms with Crippen molar-refractivity contribution < 1.29 is 14.7 Å². The molecular formula is C28H27NO3. The maximum Gasteiger partial charge on any atom is 0.295 e. The van der Waals surface area contributed by atoms with Crippen LogP contribution in [0.2, 0.25) is 0 Å². The summed E-state index contributed by atoms with van der Waals surface area (Å²) in [5, 5.41) is 11.1. The lowest BCUT2D eigenvalue weighted by Gasteiger charge is -2.26. The van der Waals surface area contributed by atoms with Crippen molar-refractivity contribution in [2.45, 2.75) is 38.8 Å². The Bertz CT molecular complexity index is 1160. The molecule has 1 heterocycles. The lowest BCUT2D eigenvalue weighted by Crippen LogP contribution is -2.29. The molecule has 162 valence electrons. The number of hydrogen-bond donors (Lipinski definition) is 1. The number of carbonyl (C=O) groups excluding carboxylic acids is 2. The fraction of sp³-hybridized carbons (Fsp3) is 0.214. The molecule has 0 bridgehead atoms. The molecule has 0 radical (unpaired) electrons. The van der Waals surface area contributed by atoms with Crippen LogP contribution in [0.15, 0.2) is 90.5 Å². The highest BCUT2D eigenvalue weighted by atomic mass is 16.3. The van der Waals surface area contributed by atoms with Crippen LogP contribution in [-0.4, -0.2) is 21.7 Å². The first kappa shape index (κ1) is 21.6. The average Bonchev–Trinajstić information content (AvgIpc) is 3.04. The molecule has 1 aliphatic rings. The summed E-state index contributed by atoms with van der Waals surface area (Å²) in [6.45, 7) is 6.69. The van der Waals surface area contributed by atoms with E-state index in [0.717, 1.165) is 16.7 Å². The van der Waals surface area contributed by atoms with Crippen molar-refractivity contribution in [3.63, 3.8) is 0 Å². The molecule has 1 unspecified atom stereocenters. The van der Waals surface area contributed by atoms with E-state index in [1.54, 1.807) is 29.2 Å². The molecular weight excluding hydrogens is 398 g/mol. The molecule has 1 fully saturated rings. The van der Waals surface area contributed by atoms with E-state index in [1.807, 2.05) is 60.7 Å². The first-order valence-electron chi connectivity index (χ1n) is 10.8. The maximum atomic E-state index is 13.1. The molecule has 32 heavy (non-hydrogen) atoms. The SMILES string of the molecule is CC(C)(C)c1ccc(C2C(=C(O)c3ccccc3)C(=O)C(=O)N2Cc2ccccc2)cc1. The number of rotatable bonds is 4. The Morgan fingerprint density at radius 2 is 1.41 bits per heavy atom. The van der Waals surface area contributed by atoms with Gasteiger partial charge in [0, 0.05) is 12.1 Å². The molecule has 1 saturated heterocycles. The molecule has 4 nitrogen and oxygen atoms in total. The number of aliphatic hydroxyl groups excluding tert-OH is 1. The fourth-order valence-electron chi connectivity index (χ4n) is 4.09. The van der Waals surface area contributed by atoms with E-state index in [0.29, 0.717) is 5.56 Å².